The number of aliphatic hydroxyl groups is 1. The number of nitro groups is 1. The van der Waals surface area contributed by atoms with E-state index >= 15 is 0 Å². The zero-order chi connectivity index (χ0) is 18.5. The van der Waals surface area contributed by atoms with Gasteiger partial charge in [0.25, 0.3) is 11.6 Å². The molecule has 0 spiro atoms. The van der Waals surface area contributed by atoms with E-state index in [9.17, 15) is 20.0 Å². The number of fused-ring (bicyclic) bond motifs is 1. The molecule has 2 N–H and O–H groups in total. The number of carbonyl (C=O) groups is 1. The molecule has 0 unspecified atom stereocenters. The van der Waals surface area contributed by atoms with Crippen molar-refractivity contribution in [3.05, 3.63) is 58.1 Å². The maximum Gasteiger partial charge on any atom is 0.270 e. The van der Waals surface area contributed by atoms with Crippen molar-refractivity contribution >= 4 is 11.6 Å². The maximum absolute atomic E-state index is 12.0. The molecule has 0 aromatic heterocycles. The van der Waals surface area contributed by atoms with Crippen molar-refractivity contribution in [1.29, 1.82) is 0 Å². The Morgan fingerprint density at radius 3 is 2.88 bits per heavy atom. The Balaban J connectivity index is 1.48. The van der Waals surface area contributed by atoms with Gasteiger partial charge in [-0.05, 0) is 18.2 Å². The van der Waals surface area contributed by atoms with Crippen molar-refractivity contribution in [2.75, 3.05) is 19.9 Å². The summed E-state index contributed by atoms with van der Waals surface area (Å²) in [5.41, 5.74) is -0.0348. The number of non-ortho nitro benzene ring substituents is 1. The Morgan fingerprint density at radius 1 is 1.27 bits per heavy atom. The summed E-state index contributed by atoms with van der Waals surface area (Å²) < 4.78 is 15.9. The van der Waals surface area contributed by atoms with E-state index in [-0.39, 0.29) is 31.2 Å². The van der Waals surface area contributed by atoms with Crippen LogP contribution in [0.1, 0.15) is 10.4 Å². The highest BCUT2D eigenvalue weighted by atomic mass is 16.7. The van der Waals surface area contributed by atoms with Crippen molar-refractivity contribution in [3.8, 4) is 17.2 Å². The van der Waals surface area contributed by atoms with Crippen LogP contribution in [0.3, 0.4) is 0 Å². The standard InChI is InChI=1S/C17H16N2O7/c20-13(9-24-14-4-5-15-16(7-14)26-10-25-15)8-18-17(21)11-2-1-3-12(6-11)19(22)23/h1-7,13,20H,8-10H2,(H,18,21)/t13-/m1/s1. The van der Waals surface area contributed by atoms with E-state index in [1.54, 1.807) is 18.2 Å². The lowest BCUT2D eigenvalue weighted by Gasteiger charge is -2.13. The second-order valence-electron chi connectivity index (χ2n) is 5.50. The number of amides is 1. The SMILES string of the molecule is O=C(NC[C@@H](O)COc1ccc2c(c1)OCO2)c1cccc([N+](=O)[O-])c1. The average Bonchev–Trinajstić information content (AvgIpc) is 3.12. The van der Waals surface area contributed by atoms with Gasteiger partial charge in [-0.3, -0.25) is 14.9 Å². The Bertz CT molecular complexity index is 825. The fourth-order valence-electron chi connectivity index (χ4n) is 2.29. The second kappa shape index (κ2) is 7.70. The molecular formula is C17H16N2O7. The predicted molar refractivity (Wildman–Crippen MR) is 89.5 cm³/mol. The highest BCUT2D eigenvalue weighted by Gasteiger charge is 2.15. The largest absolute Gasteiger partial charge is 0.491 e. The van der Waals surface area contributed by atoms with Crippen molar-refractivity contribution in [2.45, 2.75) is 6.10 Å². The lowest BCUT2D eigenvalue weighted by molar-refractivity contribution is -0.384. The maximum atomic E-state index is 12.0. The van der Waals surface area contributed by atoms with Crippen molar-refractivity contribution < 1.29 is 29.0 Å². The van der Waals surface area contributed by atoms with Gasteiger partial charge < -0.3 is 24.6 Å². The Hall–Kier alpha value is -3.33. The van der Waals surface area contributed by atoms with Crippen LogP contribution < -0.4 is 19.5 Å². The summed E-state index contributed by atoms with van der Waals surface area (Å²) in [5, 5.41) is 23.2. The molecule has 9 nitrogen and oxygen atoms in total. The molecule has 9 heteroatoms. The lowest BCUT2D eigenvalue weighted by atomic mass is 10.2. The summed E-state index contributed by atoms with van der Waals surface area (Å²) in [7, 11) is 0. The topological polar surface area (TPSA) is 120 Å². The van der Waals surface area contributed by atoms with Gasteiger partial charge in [0, 0.05) is 30.3 Å². The number of nitro benzene ring substituents is 1. The summed E-state index contributed by atoms with van der Waals surface area (Å²) in [6.45, 7) is 0.0476. The molecule has 1 atom stereocenters. The molecule has 0 radical (unpaired) electrons. The molecule has 3 rings (SSSR count). The molecule has 1 amide bonds. The van der Waals surface area contributed by atoms with E-state index in [0.29, 0.717) is 17.2 Å². The van der Waals surface area contributed by atoms with Crippen LogP contribution in [-0.4, -0.2) is 42.0 Å². The lowest BCUT2D eigenvalue weighted by Crippen LogP contribution is -2.35. The van der Waals surface area contributed by atoms with Gasteiger partial charge in [0.1, 0.15) is 18.5 Å². The number of rotatable bonds is 7. The minimum absolute atomic E-state index is 0.0468. The zero-order valence-electron chi connectivity index (χ0n) is 13.6. The zero-order valence-corrected chi connectivity index (χ0v) is 13.6. The first kappa shape index (κ1) is 17.5. The molecule has 2 aromatic carbocycles. The quantitative estimate of drug-likeness (QED) is 0.567. The van der Waals surface area contributed by atoms with Gasteiger partial charge in [-0.15, -0.1) is 0 Å². The normalized spacial score (nSPS) is 13.1. The molecule has 1 heterocycles. The summed E-state index contributed by atoms with van der Waals surface area (Å²) in [6, 6.07) is 10.4. The fourth-order valence-corrected chi connectivity index (χ4v) is 2.29. The molecule has 2 aromatic rings. The van der Waals surface area contributed by atoms with E-state index in [0.717, 1.165) is 0 Å². The van der Waals surface area contributed by atoms with E-state index < -0.39 is 16.9 Å². The van der Waals surface area contributed by atoms with Crippen LogP contribution in [0.25, 0.3) is 0 Å². The highest BCUT2D eigenvalue weighted by Crippen LogP contribution is 2.35. The number of benzene rings is 2. The van der Waals surface area contributed by atoms with Crippen LogP contribution in [0.15, 0.2) is 42.5 Å². The molecular weight excluding hydrogens is 344 g/mol. The number of hydrogen-bond donors (Lipinski definition) is 2. The molecule has 0 saturated heterocycles. The van der Waals surface area contributed by atoms with Crippen LogP contribution in [0.2, 0.25) is 0 Å². The number of nitrogens with one attached hydrogen (secondary N) is 1. The molecule has 0 bridgehead atoms. The van der Waals surface area contributed by atoms with E-state index in [1.807, 2.05) is 0 Å². The molecule has 0 fully saturated rings. The number of nitrogens with zero attached hydrogens (tertiary/aromatic N) is 1. The average molecular weight is 360 g/mol. The Kier molecular flexibility index (Phi) is 5.18. The number of ether oxygens (including phenoxy) is 3. The van der Waals surface area contributed by atoms with Crippen LogP contribution in [-0.2, 0) is 0 Å². The van der Waals surface area contributed by atoms with Crippen LogP contribution >= 0.6 is 0 Å². The van der Waals surface area contributed by atoms with Gasteiger partial charge in [-0.2, -0.15) is 0 Å². The number of aliphatic hydroxyl groups excluding tert-OH is 1. The molecule has 0 aliphatic carbocycles. The smallest absolute Gasteiger partial charge is 0.270 e. The molecule has 136 valence electrons. The highest BCUT2D eigenvalue weighted by molar-refractivity contribution is 5.94. The van der Waals surface area contributed by atoms with Gasteiger partial charge in [-0.1, -0.05) is 6.07 Å². The van der Waals surface area contributed by atoms with Crippen molar-refractivity contribution in [2.24, 2.45) is 0 Å². The van der Waals surface area contributed by atoms with Crippen LogP contribution in [0, 0.1) is 10.1 Å². The van der Waals surface area contributed by atoms with Gasteiger partial charge in [0.05, 0.1) is 4.92 Å². The summed E-state index contributed by atoms with van der Waals surface area (Å²) >= 11 is 0. The first-order valence-electron chi connectivity index (χ1n) is 7.76. The third kappa shape index (κ3) is 4.19. The third-order valence-corrected chi connectivity index (χ3v) is 3.60. The predicted octanol–water partition coefficient (Wildman–Crippen LogP) is 1.49. The fraction of sp³-hybridized carbons (Fsp3) is 0.235. The van der Waals surface area contributed by atoms with E-state index in [2.05, 4.69) is 5.32 Å². The first-order valence-corrected chi connectivity index (χ1v) is 7.76. The van der Waals surface area contributed by atoms with Gasteiger partial charge in [0.15, 0.2) is 11.5 Å². The van der Waals surface area contributed by atoms with E-state index in [1.165, 1.54) is 24.3 Å². The summed E-state index contributed by atoms with van der Waals surface area (Å²) in [4.78, 5) is 22.2. The van der Waals surface area contributed by atoms with Crippen molar-refractivity contribution in [1.82, 2.24) is 5.32 Å². The minimum Gasteiger partial charge on any atom is -0.491 e. The molecule has 0 saturated carbocycles. The van der Waals surface area contributed by atoms with Gasteiger partial charge >= 0.3 is 0 Å². The Labute approximate surface area is 148 Å². The number of hydrogen-bond acceptors (Lipinski definition) is 7. The minimum atomic E-state index is -0.955. The van der Waals surface area contributed by atoms with Crippen LogP contribution in [0.4, 0.5) is 5.69 Å². The van der Waals surface area contributed by atoms with Crippen LogP contribution in [0.5, 0.6) is 17.2 Å². The van der Waals surface area contributed by atoms with E-state index in [4.69, 9.17) is 14.2 Å². The number of carbonyl (C=O) groups excluding carboxylic acids is 1. The molecule has 1 aliphatic heterocycles. The first-order chi connectivity index (χ1) is 12.5. The summed E-state index contributed by atoms with van der Waals surface area (Å²) in [5.74, 6) is 1.17. The van der Waals surface area contributed by atoms with Crippen molar-refractivity contribution in [3.63, 3.8) is 0 Å². The molecule has 26 heavy (non-hydrogen) atoms. The third-order valence-electron chi connectivity index (χ3n) is 3.60. The van der Waals surface area contributed by atoms with Gasteiger partial charge in [-0.25, -0.2) is 0 Å². The van der Waals surface area contributed by atoms with Gasteiger partial charge in [0.2, 0.25) is 6.79 Å². The summed E-state index contributed by atoms with van der Waals surface area (Å²) in [6.07, 6.45) is -0.955. The second-order valence-corrected chi connectivity index (χ2v) is 5.50. The monoisotopic (exact) mass is 360 g/mol. The Morgan fingerprint density at radius 2 is 2.08 bits per heavy atom. The molecule has 1 aliphatic rings.